The number of sulfonamides is 1. The van der Waals surface area contributed by atoms with E-state index in [-0.39, 0.29) is 16.7 Å². The first-order valence-corrected chi connectivity index (χ1v) is 11.7. The first-order valence-electron chi connectivity index (χ1n) is 9.36. The van der Waals surface area contributed by atoms with Crippen LogP contribution in [0.2, 0.25) is 0 Å². The number of carbonyl (C=O) groups excluding carboxylic acids is 1. The predicted molar refractivity (Wildman–Crippen MR) is 116 cm³/mol. The topological polar surface area (TPSA) is 119 Å². The van der Waals surface area contributed by atoms with Crippen molar-refractivity contribution in [2.24, 2.45) is 5.14 Å². The summed E-state index contributed by atoms with van der Waals surface area (Å²) in [7, 11) is -3.71. The van der Waals surface area contributed by atoms with E-state index in [0.717, 1.165) is 49.7 Å². The SMILES string of the molecule is Cc1nc2c3ccccc3nn2c(C)c1CCC(=O)NCc1ccc(S(N)(=O)=O)s1. The molecule has 3 aromatic heterocycles. The number of hydrogen-bond acceptors (Lipinski definition) is 6. The first kappa shape index (κ1) is 20.5. The van der Waals surface area contributed by atoms with E-state index < -0.39 is 10.0 Å². The maximum Gasteiger partial charge on any atom is 0.247 e. The maximum absolute atomic E-state index is 12.3. The number of aryl methyl sites for hydroxylation is 2. The molecule has 10 heteroatoms. The van der Waals surface area contributed by atoms with E-state index in [0.29, 0.717) is 12.8 Å². The van der Waals surface area contributed by atoms with Crippen LogP contribution < -0.4 is 10.5 Å². The highest BCUT2D eigenvalue weighted by molar-refractivity contribution is 7.91. The lowest BCUT2D eigenvalue weighted by Crippen LogP contribution is -2.23. The fraction of sp³-hybridized carbons (Fsp3) is 0.250. The first-order chi connectivity index (χ1) is 14.2. The van der Waals surface area contributed by atoms with Crippen molar-refractivity contribution in [2.75, 3.05) is 0 Å². The van der Waals surface area contributed by atoms with E-state index in [2.05, 4.69) is 10.4 Å². The zero-order valence-electron chi connectivity index (χ0n) is 16.5. The summed E-state index contributed by atoms with van der Waals surface area (Å²) in [5, 5.41) is 13.6. The van der Waals surface area contributed by atoms with Gasteiger partial charge in [0.15, 0.2) is 5.65 Å². The van der Waals surface area contributed by atoms with Crippen LogP contribution in [0.5, 0.6) is 0 Å². The Kier molecular flexibility index (Phi) is 5.31. The molecule has 0 aliphatic carbocycles. The van der Waals surface area contributed by atoms with Gasteiger partial charge in [-0.2, -0.15) is 5.10 Å². The zero-order valence-corrected chi connectivity index (χ0v) is 18.2. The van der Waals surface area contributed by atoms with Gasteiger partial charge < -0.3 is 5.32 Å². The molecule has 30 heavy (non-hydrogen) atoms. The Morgan fingerprint density at radius 3 is 2.70 bits per heavy atom. The van der Waals surface area contributed by atoms with Crippen molar-refractivity contribution in [3.05, 3.63) is 58.2 Å². The van der Waals surface area contributed by atoms with Crippen LogP contribution >= 0.6 is 11.3 Å². The highest BCUT2D eigenvalue weighted by Gasteiger charge is 2.15. The molecule has 0 saturated carbocycles. The highest BCUT2D eigenvalue weighted by Crippen LogP contribution is 2.23. The molecule has 0 bridgehead atoms. The Hall–Kier alpha value is -2.82. The third kappa shape index (κ3) is 3.93. The van der Waals surface area contributed by atoms with Crippen LogP contribution in [0.4, 0.5) is 0 Å². The van der Waals surface area contributed by atoms with Crippen LogP contribution in [-0.2, 0) is 27.8 Å². The van der Waals surface area contributed by atoms with Crippen LogP contribution in [0.1, 0.15) is 28.2 Å². The number of rotatable bonds is 6. The van der Waals surface area contributed by atoms with Gasteiger partial charge in [0, 0.05) is 28.1 Å². The van der Waals surface area contributed by atoms with E-state index in [1.807, 2.05) is 42.6 Å². The Balaban J connectivity index is 1.46. The lowest BCUT2D eigenvalue weighted by atomic mass is 10.1. The average Bonchev–Trinajstić information content (AvgIpc) is 3.31. The van der Waals surface area contributed by atoms with Gasteiger partial charge in [0.1, 0.15) is 4.21 Å². The summed E-state index contributed by atoms with van der Waals surface area (Å²) in [5.41, 5.74) is 4.56. The second-order valence-electron chi connectivity index (χ2n) is 7.06. The Bertz CT molecular complexity index is 1370. The molecule has 156 valence electrons. The number of thiophene rings is 1. The molecule has 0 aliphatic heterocycles. The van der Waals surface area contributed by atoms with Crippen molar-refractivity contribution in [3.63, 3.8) is 0 Å². The minimum Gasteiger partial charge on any atom is -0.351 e. The molecule has 0 unspecified atom stereocenters. The fourth-order valence-corrected chi connectivity index (χ4v) is 5.18. The van der Waals surface area contributed by atoms with Crippen LogP contribution in [0.15, 0.2) is 40.6 Å². The predicted octanol–water partition coefficient (Wildman–Crippen LogP) is 2.46. The smallest absolute Gasteiger partial charge is 0.247 e. The lowest BCUT2D eigenvalue weighted by molar-refractivity contribution is -0.121. The fourth-order valence-electron chi connectivity index (χ4n) is 3.46. The number of amides is 1. The molecule has 1 amide bonds. The van der Waals surface area contributed by atoms with Crippen molar-refractivity contribution in [1.82, 2.24) is 19.9 Å². The standard InChI is InChI=1S/C20H21N5O3S2/c1-12-15(13(2)25-20(23-12)16-5-3-4-6-17(16)24-25)8-9-18(26)22-11-14-7-10-19(29-14)30(21,27)28/h3-7,10H,8-9,11H2,1-2H3,(H,22,26)(H2,21,27,28). The number of primary sulfonamides is 1. The normalized spacial score (nSPS) is 12.0. The van der Waals surface area contributed by atoms with Gasteiger partial charge in [-0.1, -0.05) is 12.1 Å². The average molecular weight is 444 g/mol. The molecule has 0 radical (unpaired) electrons. The Morgan fingerprint density at radius 1 is 1.20 bits per heavy atom. The van der Waals surface area contributed by atoms with E-state index in [1.165, 1.54) is 6.07 Å². The van der Waals surface area contributed by atoms with Gasteiger partial charge >= 0.3 is 0 Å². The second kappa shape index (κ2) is 7.78. The summed E-state index contributed by atoms with van der Waals surface area (Å²) in [6, 6.07) is 11.0. The number of aromatic nitrogens is 3. The molecule has 0 spiro atoms. The van der Waals surface area contributed by atoms with Crippen molar-refractivity contribution in [1.29, 1.82) is 0 Å². The molecule has 0 atom stereocenters. The minimum absolute atomic E-state index is 0.0870. The number of nitrogens with one attached hydrogen (secondary N) is 1. The summed E-state index contributed by atoms with van der Waals surface area (Å²) in [4.78, 5) is 17.8. The van der Waals surface area contributed by atoms with Gasteiger partial charge in [-0.05, 0) is 50.1 Å². The van der Waals surface area contributed by atoms with Crippen LogP contribution in [-0.4, -0.2) is 28.9 Å². The van der Waals surface area contributed by atoms with E-state index in [4.69, 9.17) is 10.1 Å². The molecular weight excluding hydrogens is 422 g/mol. The van der Waals surface area contributed by atoms with Gasteiger partial charge in [0.25, 0.3) is 0 Å². The molecule has 8 nitrogen and oxygen atoms in total. The Labute approximate surface area is 177 Å². The van der Waals surface area contributed by atoms with Crippen molar-refractivity contribution in [2.45, 2.75) is 37.4 Å². The van der Waals surface area contributed by atoms with Crippen LogP contribution in [0, 0.1) is 13.8 Å². The summed E-state index contributed by atoms with van der Waals surface area (Å²) in [5.74, 6) is -0.120. The van der Waals surface area contributed by atoms with E-state index in [9.17, 15) is 13.2 Å². The molecule has 1 aromatic carbocycles. The number of benzene rings is 1. The quantitative estimate of drug-likeness (QED) is 0.474. The van der Waals surface area contributed by atoms with Gasteiger partial charge in [0.05, 0.1) is 12.1 Å². The van der Waals surface area contributed by atoms with Crippen LogP contribution in [0.3, 0.4) is 0 Å². The van der Waals surface area contributed by atoms with Gasteiger partial charge in [0.2, 0.25) is 15.9 Å². The van der Waals surface area contributed by atoms with Crippen LogP contribution in [0.25, 0.3) is 16.6 Å². The molecule has 4 rings (SSSR count). The second-order valence-corrected chi connectivity index (χ2v) is 10.0. The van der Waals surface area contributed by atoms with Crippen molar-refractivity contribution >= 4 is 43.8 Å². The van der Waals surface area contributed by atoms with Crippen molar-refractivity contribution < 1.29 is 13.2 Å². The third-order valence-corrected chi connectivity index (χ3v) is 7.52. The van der Waals surface area contributed by atoms with Gasteiger partial charge in [-0.15, -0.1) is 11.3 Å². The lowest BCUT2D eigenvalue weighted by Gasteiger charge is -2.11. The summed E-state index contributed by atoms with van der Waals surface area (Å²) in [6.07, 6.45) is 0.832. The van der Waals surface area contributed by atoms with E-state index in [1.54, 1.807) is 6.07 Å². The minimum atomic E-state index is -3.71. The van der Waals surface area contributed by atoms with Gasteiger partial charge in [-0.25, -0.2) is 23.1 Å². The summed E-state index contributed by atoms with van der Waals surface area (Å²) in [6.45, 7) is 4.20. The number of nitrogens with zero attached hydrogens (tertiary/aromatic N) is 3. The molecule has 4 aromatic rings. The molecule has 3 heterocycles. The number of fused-ring (bicyclic) bond motifs is 3. The van der Waals surface area contributed by atoms with Crippen molar-refractivity contribution in [3.8, 4) is 0 Å². The monoisotopic (exact) mass is 443 g/mol. The zero-order chi connectivity index (χ0) is 21.5. The molecule has 0 saturated heterocycles. The molecule has 0 fully saturated rings. The molecule has 0 aliphatic rings. The van der Waals surface area contributed by atoms with Gasteiger partial charge in [-0.3, -0.25) is 4.79 Å². The number of hydrogen-bond donors (Lipinski definition) is 2. The molecule has 3 N–H and O–H groups in total. The maximum atomic E-state index is 12.3. The number of nitrogens with two attached hydrogens (primary N) is 1. The summed E-state index contributed by atoms with van der Waals surface area (Å²) >= 11 is 1.06. The largest absolute Gasteiger partial charge is 0.351 e. The summed E-state index contributed by atoms with van der Waals surface area (Å²) < 4.78 is 24.6. The third-order valence-electron chi connectivity index (χ3n) is 5.00. The van der Waals surface area contributed by atoms with E-state index >= 15 is 0 Å². The molecular formula is C20H21N5O3S2. The highest BCUT2D eigenvalue weighted by atomic mass is 32.2. The number of carbonyl (C=O) groups is 1. The Morgan fingerprint density at radius 2 is 1.97 bits per heavy atom.